The first-order valence-electron chi connectivity index (χ1n) is 5.75. The smallest absolute Gasteiger partial charge is 0.231 e. The van der Waals surface area contributed by atoms with Crippen molar-refractivity contribution in [1.82, 2.24) is 4.98 Å². The van der Waals surface area contributed by atoms with Crippen LogP contribution in [0, 0.1) is 6.92 Å². The average Bonchev–Trinajstić information content (AvgIpc) is 2.88. The molecule has 1 aromatic heterocycles. The Hall–Kier alpha value is -2.56. The zero-order valence-electron chi connectivity index (χ0n) is 10.3. The SMILES string of the molecule is Cc1cc(C=O)cnc1Oc1ccc2c(c1)OCO2. The van der Waals surface area contributed by atoms with Crippen LogP contribution in [0.5, 0.6) is 23.1 Å². The fraction of sp³-hybridized carbons (Fsp3) is 0.143. The Kier molecular flexibility index (Phi) is 2.79. The molecule has 1 aliphatic heterocycles. The number of pyridine rings is 1. The van der Waals surface area contributed by atoms with Gasteiger partial charge in [0.2, 0.25) is 12.7 Å². The molecule has 2 heterocycles. The zero-order chi connectivity index (χ0) is 13.2. The van der Waals surface area contributed by atoms with Gasteiger partial charge in [-0.1, -0.05) is 0 Å². The Morgan fingerprint density at radius 1 is 1.26 bits per heavy atom. The number of fused-ring (bicyclic) bond motifs is 1. The summed E-state index contributed by atoms with van der Waals surface area (Å²) in [7, 11) is 0. The molecule has 0 radical (unpaired) electrons. The van der Waals surface area contributed by atoms with Gasteiger partial charge in [0.25, 0.3) is 0 Å². The standard InChI is InChI=1S/C14H11NO4/c1-9-4-10(7-16)6-15-14(9)19-11-2-3-12-13(5-11)18-8-17-12/h2-7H,8H2,1H3. The Labute approximate surface area is 109 Å². The van der Waals surface area contributed by atoms with Crippen LogP contribution in [0.25, 0.3) is 0 Å². The van der Waals surface area contributed by atoms with E-state index in [1.807, 2.05) is 6.92 Å². The first-order valence-corrected chi connectivity index (χ1v) is 5.75. The maximum atomic E-state index is 10.6. The summed E-state index contributed by atoms with van der Waals surface area (Å²) < 4.78 is 16.2. The molecule has 0 spiro atoms. The fourth-order valence-corrected chi connectivity index (χ4v) is 1.81. The second-order valence-electron chi connectivity index (χ2n) is 4.13. The van der Waals surface area contributed by atoms with Gasteiger partial charge in [0.05, 0.1) is 0 Å². The van der Waals surface area contributed by atoms with E-state index in [0.717, 1.165) is 11.8 Å². The first kappa shape index (κ1) is 11.5. The molecule has 0 bridgehead atoms. The highest BCUT2D eigenvalue weighted by Gasteiger charge is 2.14. The minimum atomic E-state index is 0.226. The normalized spacial score (nSPS) is 12.3. The van der Waals surface area contributed by atoms with Crippen molar-refractivity contribution in [3.63, 3.8) is 0 Å². The second-order valence-corrected chi connectivity index (χ2v) is 4.13. The molecule has 19 heavy (non-hydrogen) atoms. The molecule has 3 rings (SSSR count). The molecule has 5 heteroatoms. The molecule has 1 aromatic carbocycles. The van der Waals surface area contributed by atoms with Crippen molar-refractivity contribution in [1.29, 1.82) is 0 Å². The summed E-state index contributed by atoms with van der Waals surface area (Å²) >= 11 is 0. The minimum absolute atomic E-state index is 0.226. The number of aldehydes is 1. The van der Waals surface area contributed by atoms with Gasteiger partial charge in [0.15, 0.2) is 17.8 Å². The number of rotatable bonds is 3. The molecule has 0 unspecified atom stereocenters. The van der Waals surface area contributed by atoms with Crippen LogP contribution in [0.1, 0.15) is 15.9 Å². The predicted molar refractivity (Wildman–Crippen MR) is 67.0 cm³/mol. The molecule has 0 amide bonds. The molecular formula is C14H11NO4. The van der Waals surface area contributed by atoms with Gasteiger partial charge in [-0.05, 0) is 25.1 Å². The molecule has 0 aliphatic carbocycles. The predicted octanol–water partition coefficient (Wildman–Crippen LogP) is 2.72. The number of benzene rings is 1. The van der Waals surface area contributed by atoms with Gasteiger partial charge in [0, 0.05) is 23.4 Å². The fourth-order valence-electron chi connectivity index (χ4n) is 1.81. The highest BCUT2D eigenvalue weighted by molar-refractivity contribution is 5.74. The van der Waals surface area contributed by atoms with Gasteiger partial charge < -0.3 is 14.2 Å². The van der Waals surface area contributed by atoms with Crippen LogP contribution in [-0.2, 0) is 0 Å². The summed E-state index contributed by atoms with van der Waals surface area (Å²) in [6, 6.07) is 7.04. The summed E-state index contributed by atoms with van der Waals surface area (Å²) in [5.41, 5.74) is 1.32. The minimum Gasteiger partial charge on any atom is -0.454 e. The summed E-state index contributed by atoms with van der Waals surface area (Å²) in [4.78, 5) is 14.8. The van der Waals surface area contributed by atoms with Crippen LogP contribution in [0.15, 0.2) is 30.5 Å². The van der Waals surface area contributed by atoms with Crippen LogP contribution in [0.3, 0.4) is 0 Å². The molecule has 5 nitrogen and oxygen atoms in total. The van der Waals surface area contributed by atoms with E-state index in [9.17, 15) is 4.79 Å². The molecule has 0 atom stereocenters. The lowest BCUT2D eigenvalue weighted by Crippen LogP contribution is -1.93. The van der Waals surface area contributed by atoms with Crippen LogP contribution < -0.4 is 14.2 Å². The Morgan fingerprint density at radius 3 is 2.89 bits per heavy atom. The summed E-state index contributed by atoms with van der Waals surface area (Å²) in [5, 5.41) is 0. The Bertz CT molecular complexity index is 639. The molecule has 0 saturated carbocycles. The quantitative estimate of drug-likeness (QED) is 0.791. The second kappa shape index (κ2) is 4.61. The summed E-state index contributed by atoms with van der Waals surface area (Å²) in [5.74, 6) is 2.43. The van der Waals surface area contributed by atoms with Crippen LogP contribution in [0.4, 0.5) is 0 Å². The molecular weight excluding hydrogens is 246 g/mol. The van der Waals surface area contributed by atoms with Gasteiger partial charge in [0.1, 0.15) is 5.75 Å². The number of hydrogen-bond donors (Lipinski definition) is 0. The maximum Gasteiger partial charge on any atom is 0.231 e. The van der Waals surface area contributed by atoms with Crippen molar-refractivity contribution >= 4 is 6.29 Å². The van der Waals surface area contributed by atoms with Crippen molar-refractivity contribution in [2.45, 2.75) is 6.92 Å². The summed E-state index contributed by atoms with van der Waals surface area (Å²) in [6.07, 6.45) is 2.23. The Morgan fingerprint density at radius 2 is 2.11 bits per heavy atom. The third kappa shape index (κ3) is 2.22. The number of nitrogens with zero attached hydrogens (tertiary/aromatic N) is 1. The highest BCUT2D eigenvalue weighted by atomic mass is 16.7. The molecule has 0 saturated heterocycles. The molecule has 0 fully saturated rings. The molecule has 96 valence electrons. The van der Waals surface area contributed by atoms with Gasteiger partial charge >= 0.3 is 0 Å². The lowest BCUT2D eigenvalue weighted by molar-refractivity contribution is 0.112. The number of hydrogen-bond acceptors (Lipinski definition) is 5. The molecule has 0 N–H and O–H groups in total. The zero-order valence-corrected chi connectivity index (χ0v) is 10.3. The van der Waals surface area contributed by atoms with Crippen LogP contribution in [-0.4, -0.2) is 18.1 Å². The average molecular weight is 257 g/mol. The summed E-state index contributed by atoms with van der Waals surface area (Å²) in [6.45, 7) is 2.06. The van der Waals surface area contributed by atoms with Crippen molar-refractivity contribution < 1.29 is 19.0 Å². The van der Waals surface area contributed by atoms with Crippen molar-refractivity contribution in [3.8, 4) is 23.1 Å². The van der Waals surface area contributed by atoms with Gasteiger partial charge in [-0.3, -0.25) is 4.79 Å². The van der Waals surface area contributed by atoms with E-state index >= 15 is 0 Å². The van der Waals surface area contributed by atoms with Crippen molar-refractivity contribution in [2.75, 3.05) is 6.79 Å². The Balaban J connectivity index is 1.87. The van der Waals surface area contributed by atoms with E-state index < -0.39 is 0 Å². The van der Waals surface area contributed by atoms with Gasteiger partial charge in [-0.15, -0.1) is 0 Å². The van der Waals surface area contributed by atoms with E-state index in [0.29, 0.717) is 28.7 Å². The van der Waals surface area contributed by atoms with Crippen LogP contribution >= 0.6 is 0 Å². The van der Waals surface area contributed by atoms with E-state index in [2.05, 4.69) is 4.98 Å². The van der Waals surface area contributed by atoms with E-state index in [4.69, 9.17) is 14.2 Å². The van der Waals surface area contributed by atoms with Gasteiger partial charge in [-0.25, -0.2) is 4.98 Å². The lowest BCUT2D eigenvalue weighted by Gasteiger charge is -2.08. The largest absolute Gasteiger partial charge is 0.454 e. The van der Waals surface area contributed by atoms with Crippen molar-refractivity contribution in [3.05, 3.63) is 41.6 Å². The molecule has 2 aromatic rings. The third-order valence-electron chi connectivity index (χ3n) is 2.75. The lowest BCUT2D eigenvalue weighted by atomic mass is 10.2. The highest BCUT2D eigenvalue weighted by Crippen LogP contribution is 2.36. The maximum absolute atomic E-state index is 10.6. The van der Waals surface area contributed by atoms with Gasteiger partial charge in [-0.2, -0.15) is 0 Å². The first-order chi connectivity index (χ1) is 9.26. The number of ether oxygens (including phenoxy) is 3. The van der Waals surface area contributed by atoms with E-state index in [1.165, 1.54) is 6.20 Å². The van der Waals surface area contributed by atoms with E-state index in [1.54, 1.807) is 24.3 Å². The number of carbonyl (C=O) groups excluding carboxylic acids is 1. The van der Waals surface area contributed by atoms with Crippen molar-refractivity contribution in [2.24, 2.45) is 0 Å². The number of aromatic nitrogens is 1. The molecule has 1 aliphatic rings. The van der Waals surface area contributed by atoms with E-state index in [-0.39, 0.29) is 6.79 Å². The monoisotopic (exact) mass is 257 g/mol. The number of aryl methyl sites for hydroxylation is 1. The number of carbonyl (C=O) groups is 1. The topological polar surface area (TPSA) is 57.7 Å². The van der Waals surface area contributed by atoms with Crippen LogP contribution in [0.2, 0.25) is 0 Å². The third-order valence-corrected chi connectivity index (χ3v) is 2.75.